The third-order valence-electron chi connectivity index (χ3n) is 7.15. The first-order valence-corrected chi connectivity index (χ1v) is 13.9. The maximum absolute atomic E-state index is 13.5. The zero-order valence-electron chi connectivity index (χ0n) is 21.1. The van der Waals surface area contributed by atoms with E-state index in [2.05, 4.69) is 59.5 Å². The van der Waals surface area contributed by atoms with Crippen LogP contribution in [0, 0.1) is 5.92 Å². The number of likely N-dealkylation sites (tertiary alicyclic amines) is 1. The average molecular weight is 511 g/mol. The summed E-state index contributed by atoms with van der Waals surface area (Å²) in [5, 5.41) is 0. The van der Waals surface area contributed by atoms with E-state index in [0.717, 1.165) is 58.9 Å². The summed E-state index contributed by atoms with van der Waals surface area (Å²) in [6.45, 7) is 4.07. The average Bonchev–Trinajstić information content (AvgIpc) is 3.44. The van der Waals surface area contributed by atoms with Crippen LogP contribution in [0.3, 0.4) is 0 Å². The van der Waals surface area contributed by atoms with E-state index in [1.807, 2.05) is 42.5 Å². The standard InChI is InChI=1S/C32H34N2O2S/c33-21-29-14-15-30(37-29)27-12-7-13-28(20-27)31(26-10-5-2-6-11-26)32(35)36-23-25-16-18-34(19-17-25)22-24-8-3-1-4-9-24/h1-15,20,25,31H,16-19,21-23,33H2. The van der Waals surface area contributed by atoms with Crippen molar-refractivity contribution in [1.82, 2.24) is 4.90 Å². The first kappa shape index (κ1) is 25.4. The third-order valence-corrected chi connectivity index (χ3v) is 8.31. The molecule has 0 amide bonds. The number of thiophene rings is 1. The summed E-state index contributed by atoms with van der Waals surface area (Å²) in [6.07, 6.45) is 2.10. The first-order chi connectivity index (χ1) is 18.2. The van der Waals surface area contributed by atoms with Gasteiger partial charge in [0.25, 0.3) is 0 Å². The maximum Gasteiger partial charge on any atom is 0.317 e. The van der Waals surface area contributed by atoms with Crippen LogP contribution in [0.25, 0.3) is 10.4 Å². The number of nitrogens with two attached hydrogens (primary N) is 1. The highest BCUT2D eigenvalue weighted by atomic mass is 32.1. The van der Waals surface area contributed by atoms with Crippen molar-refractivity contribution < 1.29 is 9.53 Å². The van der Waals surface area contributed by atoms with Crippen LogP contribution in [0.5, 0.6) is 0 Å². The Hall–Kier alpha value is -3.25. The van der Waals surface area contributed by atoms with E-state index in [0.29, 0.717) is 19.1 Å². The van der Waals surface area contributed by atoms with Crippen molar-refractivity contribution in [2.24, 2.45) is 11.7 Å². The van der Waals surface area contributed by atoms with Gasteiger partial charge in [-0.05, 0) is 72.3 Å². The van der Waals surface area contributed by atoms with E-state index in [1.165, 1.54) is 5.56 Å². The summed E-state index contributed by atoms with van der Waals surface area (Å²) >= 11 is 1.69. The number of carbonyl (C=O) groups is 1. The molecule has 5 rings (SSSR count). The number of esters is 1. The van der Waals surface area contributed by atoms with Gasteiger partial charge in [-0.3, -0.25) is 9.69 Å². The lowest BCUT2D eigenvalue weighted by atomic mass is 9.90. The van der Waals surface area contributed by atoms with Crippen LogP contribution < -0.4 is 5.73 Å². The zero-order chi connectivity index (χ0) is 25.5. The van der Waals surface area contributed by atoms with Crippen molar-refractivity contribution in [1.29, 1.82) is 0 Å². The lowest BCUT2D eigenvalue weighted by Crippen LogP contribution is -2.35. The molecule has 0 aliphatic carbocycles. The predicted octanol–water partition coefficient (Wildman–Crippen LogP) is 6.46. The van der Waals surface area contributed by atoms with Gasteiger partial charge in [0, 0.05) is 22.8 Å². The van der Waals surface area contributed by atoms with Gasteiger partial charge in [-0.15, -0.1) is 11.3 Å². The van der Waals surface area contributed by atoms with Gasteiger partial charge in [-0.1, -0.05) is 78.9 Å². The number of rotatable bonds is 9. The number of hydrogen-bond donors (Lipinski definition) is 1. The Morgan fingerprint density at radius 3 is 2.30 bits per heavy atom. The van der Waals surface area contributed by atoms with E-state index in [-0.39, 0.29) is 5.97 Å². The molecule has 1 aliphatic heterocycles. The monoisotopic (exact) mass is 510 g/mol. The Kier molecular flexibility index (Phi) is 8.46. The molecule has 190 valence electrons. The molecule has 37 heavy (non-hydrogen) atoms. The van der Waals surface area contributed by atoms with Crippen molar-refractivity contribution in [3.8, 4) is 10.4 Å². The number of benzene rings is 3. The lowest BCUT2D eigenvalue weighted by molar-refractivity contribution is -0.146. The molecule has 2 N–H and O–H groups in total. The lowest BCUT2D eigenvalue weighted by Gasteiger charge is -2.32. The quantitative estimate of drug-likeness (QED) is 0.263. The highest BCUT2D eigenvalue weighted by Crippen LogP contribution is 2.33. The van der Waals surface area contributed by atoms with Gasteiger partial charge in [0.1, 0.15) is 5.92 Å². The summed E-state index contributed by atoms with van der Waals surface area (Å²) in [7, 11) is 0. The summed E-state index contributed by atoms with van der Waals surface area (Å²) in [5.41, 5.74) is 10.2. The SMILES string of the molecule is NCc1ccc(-c2cccc(C(C(=O)OCC3CCN(Cc4ccccc4)CC3)c3ccccc3)c2)s1. The minimum Gasteiger partial charge on any atom is -0.465 e. The molecule has 1 atom stereocenters. The first-order valence-electron chi connectivity index (χ1n) is 13.1. The molecule has 5 heteroatoms. The molecular formula is C32H34N2O2S. The topological polar surface area (TPSA) is 55.6 Å². The molecule has 1 aromatic heterocycles. The van der Waals surface area contributed by atoms with Gasteiger partial charge < -0.3 is 10.5 Å². The Balaban J connectivity index is 1.25. The molecule has 3 aromatic carbocycles. The minimum absolute atomic E-state index is 0.177. The van der Waals surface area contributed by atoms with Crippen LogP contribution in [0.15, 0.2) is 97.1 Å². The third kappa shape index (κ3) is 6.55. The molecule has 0 bridgehead atoms. The second-order valence-electron chi connectivity index (χ2n) is 9.77. The van der Waals surface area contributed by atoms with Crippen molar-refractivity contribution in [2.45, 2.75) is 31.8 Å². The molecule has 0 saturated carbocycles. The van der Waals surface area contributed by atoms with Crippen LogP contribution in [-0.4, -0.2) is 30.6 Å². The van der Waals surface area contributed by atoms with Crippen molar-refractivity contribution >= 4 is 17.3 Å². The Labute approximate surface area is 223 Å². The maximum atomic E-state index is 13.5. The van der Waals surface area contributed by atoms with Crippen LogP contribution in [0.1, 0.15) is 40.3 Å². The fraction of sp³-hybridized carbons (Fsp3) is 0.281. The molecule has 1 saturated heterocycles. The largest absolute Gasteiger partial charge is 0.465 e. The predicted molar refractivity (Wildman–Crippen MR) is 151 cm³/mol. The summed E-state index contributed by atoms with van der Waals surface area (Å²) in [5.74, 6) is -0.225. The zero-order valence-corrected chi connectivity index (χ0v) is 21.9. The number of nitrogens with zero attached hydrogens (tertiary/aromatic N) is 1. The van der Waals surface area contributed by atoms with Crippen LogP contribution in [0.4, 0.5) is 0 Å². The van der Waals surface area contributed by atoms with Gasteiger partial charge in [-0.2, -0.15) is 0 Å². The van der Waals surface area contributed by atoms with Crippen LogP contribution in [-0.2, 0) is 22.6 Å². The van der Waals surface area contributed by atoms with Crippen molar-refractivity contribution in [2.75, 3.05) is 19.7 Å². The van der Waals surface area contributed by atoms with Gasteiger partial charge in [-0.25, -0.2) is 0 Å². The van der Waals surface area contributed by atoms with Crippen LogP contribution in [0.2, 0.25) is 0 Å². The van der Waals surface area contributed by atoms with E-state index in [4.69, 9.17) is 10.5 Å². The van der Waals surface area contributed by atoms with Crippen molar-refractivity contribution in [3.05, 3.63) is 119 Å². The molecule has 4 nitrogen and oxygen atoms in total. The van der Waals surface area contributed by atoms with Crippen molar-refractivity contribution in [3.63, 3.8) is 0 Å². The van der Waals surface area contributed by atoms with Gasteiger partial charge in [0.15, 0.2) is 0 Å². The summed E-state index contributed by atoms with van der Waals surface area (Å²) in [6, 6.07) is 33.0. The number of ether oxygens (including phenoxy) is 1. The fourth-order valence-electron chi connectivity index (χ4n) is 5.06. The van der Waals surface area contributed by atoms with E-state index < -0.39 is 5.92 Å². The van der Waals surface area contributed by atoms with Crippen LogP contribution >= 0.6 is 11.3 Å². The minimum atomic E-state index is -0.451. The number of piperidine rings is 1. The van der Waals surface area contributed by atoms with Gasteiger partial charge in [0.2, 0.25) is 0 Å². The number of hydrogen-bond acceptors (Lipinski definition) is 5. The van der Waals surface area contributed by atoms with E-state index in [1.54, 1.807) is 11.3 Å². The fourth-order valence-corrected chi connectivity index (χ4v) is 5.94. The van der Waals surface area contributed by atoms with Gasteiger partial charge >= 0.3 is 5.97 Å². The molecule has 4 aromatic rings. The normalized spacial score (nSPS) is 15.4. The molecule has 1 aliphatic rings. The van der Waals surface area contributed by atoms with Gasteiger partial charge in [0.05, 0.1) is 6.61 Å². The second-order valence-corrected chi connectivity index (χ2v) is 10.9. The van der Waals surface area contributed by atoms with E-state index in [9.17, 15) is 4.79 Å². The number of carbonyl (C=O) groups excluding carboxylic acids is 1. The molecule has 1 unspecified atom stereocenters. The molecule has 0 spiro atoms. The van der Waals surface area contributed by atoms with E-state index >= 15 is 0 Å². The molecular weight excluding hydrogens is 476 g/mol. The molecule has 2 heterocycles. The summed E-state index contributed by atoms with van der Waals surface area (Å²) in [4.78, 5) is 18.3. The smallest absolute Gasteiger partial charge is 0.317 e. The highest BCUT2D eigenvalue weighted by molar-refractivity contribution is 7.15. The Morgan fingerprint density at radius 2 is 1.59 bits per heavy atom. The Morgan fingerprint density at radius 1 is 0.892 bits per heavy atom. The second kappa shape index (κ2) is 12.3. The Bertz CT molecular complexity index is 1280. The highest BCUT2D eigenvalue weighted by Gasteiger charge is 2.27. The summed E-state index contributed by atoms with van der Waals surface area (Å²) < 4.78 is 6.00. The molecule has 1 fully saturated rings. The molecule has 0 radical (unpaired) electrons.